The highest BCUT2D eigenvalue weighted by atomic mass is 35.5. The summed E-state index contributed by atoms with van der Waals surface area (Å²) >= 11 is 13.1. The zero-order chi connectivity index (χ0) is 20.4. The van der Waals surface area contributed by atoms with E-state index < -0.39 is 0 Å². The summed E-state index contributed by atoms with van der Waals surface area (Å²) < 4.78 is 7.37. The number of halogens is 2. The molecule has 0 aliphatic carbocycles. The molecule has 0 bridgehead atoms. The van der Waals surface area contributed by atoms with Crippen molar-refractivity contribution >= 4 is 45.6 Å². The van der Waals surface area contributed by atoms with E-state index in [4.69, 9.17) is 32.9 Å². The van der Waals surface area contributed by atoms with Crippen molar-refractivity contribution in [2.24, 2.45) is 0 Å². The van der Waals surface area contributed by atoms with E-state index in [1.807, 2.05) is 60.7 Å². The maximum Gasteiger partial charge on any atom is 0.141 e. The van der Waals surface area contributed by atoms with Crippen LogP contribution in [-0.4, -0.2) is 16.7 Å². The van der Waals surface area contributed by atoms with Crippen LogP contribution in [0.5, 0.6) is 5.75 Å². The molecule has 0 fully saturated rings. The lowest BCUT2D eigenvalue weighted by atomic mass is 10.2. The molecule has 0 atom stereocenters. The average Bonchev–Trinajstić information content (AvgIpc) is 3.10. The summed E-state index contributed by atoms with van der Waals surface area (Å²) in [7, 11) is 1.65. The average molecular weight is 426 g/mol. The Bertz CT molecular complexity index is 1150. The number of aromatic nitrogens is 2. The second kappa shape index (κ2) is 8.36. The predicted octanol–water partition coefficient (Wildman–Crippen LogP) is 7.17. The van der Waals surface area contributed by atoms with Crippen LogP contribution in [0.1, 0.15) is 13.3 Å². The molecule has 4 aromatic rings. The van der Waals surface area contributed by atoms with Gasteiger partial charge in [0.05, 0.1) is 33.9 Å². The number of methoxy groups -OCH3 is 1. The van der Waals surface area contributed by atoms with Crippen LogP contribution in [0.3, 0.4) is 0 Å². The standard InChI is InChI=1S/C23H21Cl2N3O/c1-3-13-28-22-18(24)5-4-6-21(22)27-23(28)15-7-12-20(19(25)14-15)26-16-8-10-17(29-2)11-9-16/h4-12,14,26H,3,13H2,1-2H3. The molecule has 1 aromatic heterocycles. The number of fused-ring (bicyclic) bond motifs is 1. The summed E-state index contributed by atoms with van der Waals surface area (Å²) in [5.74, 6) is 1.68. The van der Waals surface area contributed by atoms with Gasteiger partial charge in [-0.05, 0) is 61.0 Å². The molecule has 0 aliphatic heterocycles. The van der Waals surface area contributed by atoms with Gasteiger partial charge >= 0.3 is 0 Å². The number of hydrogen-bond acceptors (Lipinski definition) is 3. The highest BCUT2D eigenvalue weighted by molar-refractivity contribution is 6.35. The Kier molecular flexibility index (Phi) is 5.65. The van der Waals surface area contributed by atoms with Gasteiger partial charge in [-0.1, -0.05) is 36.2 Å². The molecule has 3 aromatic carbocycles. The highest BCUT2D eigenvalue weighted by Crippen LogP contribution is 2.34. The summed E-state index contributed by atoms with van der Waals surface area (Å²) in [6, 6.07) is 19.5. The molecule has 1 N–H and O–H groups in total. The van der Waals surface area contributed by atoms with Gasteiger partial charge in [-0.25, -0.2) is 4.98 Å². The van der Waals surface area contributed by atoms with Gasteiger partial charge in [-0.2, -0.15) is 0 Å². The van der Waals surface area contributed by atoms with Crippen molar-refractivity contribution in [3.8, 4) is 17.1 Å². The lowest BCUT2D eigenvalue weighted by Gasteiger charge is -2.12. The van der Waals surface area contributed by atoms with E-state index in [-0.39, 0.29) is 0 Å². The summed E-state index contributed by atoms with van der Waals surface area (Å²) in [5.41, 5.74) is 4.57. The maximum atomic E-state index is 6.60. The van der Waals surface area contributed by atoms with E-state index in [1.165, 1.54) is 0 Å². The van der Waals surface area contributed by atoms with E-state index in [0.29, 0.717) is 10.0 Å². The molecule has 29 heavy (non-hydrogen) atoms. The smallest absolute Gasteiger partial charge is 0.141 e. The number of nitrogens with one attached hydrogen (secondary N) is 1. The van der Waals surface area contributed by atoms with Gasteiger partial charge in [0.1, 0.15) is 11.6 Å². The predicted molar refractivity (Wildman–Crippen MR) is 122 cm³/mol. The fourth-order valence-corrected chi connectivity index (χ4v) is 3.89. The van der Waals surface area contributed by atoms with Crippen molar-refractivity contribution in [1.29, 1.82) is 0 Å². The zero-order valence-electron chi connectivity index (χ0n) is 16.2. The summed E-state index contributed by atoms with van der Waals surface area (Å²) in [6.45, 7) is 2.97. The Morgan fingerprint density at radius 1 is 1.00 bits per heavy atom. The number of hydrogen-bond donors (Lipinski definition) is 1. The van der Waals surface area contributed by atoms with Gasteiger partial charge in [0, 0.05) is 17.8 Å². The van der Waals surface area contributed by atoms with Gasteiger partial charge in [0.25, 0.3) is 0 Å². The molecule has 6 heteroatoms. The Labute approximate surface area is 180 Å². The number of benzene rings is 3. The van der Waals surface area contributed by atoms with Crippen molar-refractivity contribution in [2.75, 3.05) is 12.4 Å². The summed E-state index contributed by atoms with van der Waals surface area (Å²) in [6.07, 6.45) is 0.981. The number of aryl methyl sites for hydroxylation is 1. The third kappa shape index (κ3) is 3.91. The first-order valence-corrected chi connectivity index (χ1v) is 10.2. The van der Waals surface area contributed by atoms with Gasteiger partial charge in [0.2, 0.25) is 0 Å². The van der Waals surface area contributed by atoms with E-state index in [9.17, 15) is 0 Å². The summed E-state index contributed by atoms with van der Waals surface area (Å²) in [4.78, 5) is 4.82. The SMILES string of the molecule is CCCn1c(-c2ccc(Nc3ccc(OC)cc3)c(Cl)c2)nc2cccc(Cl)c21. The second-order valence-electron chi connectivity index (χ2n) is 6.74. The van der Waals surface area contributed by atoms with Crippen molar-refractivity contribution in [2.45, 2.75) is 19.9 Å². The molecule has 148 valence electrons. The molecule has 0 unspecified atom stereocenters. The topological polar surface area (TPSA) is 39.1 Å². The van der Waals surface area contributed by atoms with Crippen molar-refractivity contribution < 1.29 is 4.74 Å². The number of anilines is 2. The molecular weight excluding hydrogens is 405 g/mol. The molecule has 0 saturated heterocycles. The minimum atomic E-state index is 0.625. The normalized spacial score (nSPS) is 11.0. The Balaban J connectivity index is 1.70. The highest BCUT2D eigenvalue weighted by Gasteiger charge is 2.15. The van der Waals surface area contributed by atoms with Crippen LogP contribution >= 0.6 is 23.2 Å². The van der Waals surface area contributed by atoms with Gasteiger partial charge in [-0.3, -0.25) is 0 Å². The number of ether oxygens (including phenoxy) is 1. The third-order valence-corrected chi connectivity index (χ3v) is 5.38. The van der Waals surface area contributed by atoms with Crippen molar-refractivity contribution in [1.82, 2.24) is 9.55 Å². The number of nitrogens with zero attached hydrogens (tertiary/aromatic N) is 2. The van der Waals surface area contributed by atoms with Crippen LogP contribution in [0.15, 0.2) is 60.7 Å². The number of rotatable bonds is 6. The van der Waals surface area contributed by atoms with Crippen LogP contribution in [0.25, 0.3) is 22.4 Å². The molecule has 4 nitrogen and oxygen atoms in total. The molecule has 0 radical (unpaired) electrons. The molecule has 0 spiro atoms. The lowest BCUT2D eigenvalue weighted by Crippen LogP contribution is -2.00. The van der Waals surface area contributed by atoms with Crippen LogP contribution in [0.2, 0.25) is 10.0 Å². The van der Waals surface area contributed by atoms with Crippen LogP contribution in [-0.2, 0) is 6.54 Å². The third-order valence-electron chi connectivity index (χ3n) is 4.76. The van der Waals surface area contributed by atoms with Crippen molar-refractivity contribution in [3.05, 3.63) is 70.7 Å². The molecule has 4 rings (SSSR count). The van der Waals surface area contributed by atoms with Gasteiger partial charge in [-0.15, -0.1) is 0 Å². The number of para-hydroxylation sites is 1. The Morgan fingerprint density at radius 2 is 1.79 bits per heavy atom. The largest absolute Gasteiger partial charge is 0.497 e. The molecule has 1 heterocycles. The van der Waals surface area contributed by atoms with Crippen LogP contribution in [0, 0.1) is 0 Å². The fourth-order valence-electron chi connectivity index (χ4n) is 3.39. The Morgan fingerprint density at radius 3 is 2.48 bits per heavy atom. The first-order valence-electron chi connectivity index (χ1n) is 9.46. The minimum absolute atomic E-state index is 0.625. The van der Waals surface area contributed by atoms with Gasteiger partial charge in [0.15, 0.2) is 0 Å². The monoisotopic (exact) mass is 425 g/mol. The number of imidazole rings is 1. The van der Waals surface area contributed by atoms with E-state index in [1.54, 1.807) is 7.11 Å². The first kappa shape index (κ1) is 19.6. The van der Waals surface area contributed by atoms with Crippen molar-refractivity contribution in [3.63, 3.8) is 0 Å². The molecule has 0 amide bonds. The van der Waals surface area contributed by atoms with E-state index in [0.717, 1.165) is 52.5 Å². The van der Waals surface area contributed by atoms with E-state index >= 15 is 0 Å². The first-order chi connectivity index (χ1) is 14.1. The molecule has 0 aliphatic rings. The Hall–Kier alpha value is -2.69. The second-order valence-corrected chi connectivity index (χ2v) is 7.56. The summed E-state index contributed by atoms with van der Waals surface area (Å²) in [5, 5.41) is 4.67. The zero-order valence-corrected chi connectivity index (χ0v) is 17.8. The fraction of sp³-hybridized carbons (Fsp3) is 0.174. The quantitative estimate of drug-likeness (QED) is 0.355. The lowest BCUT2D eigenvalue weighted by molar-refractivity contribution is 0.415. The van der Waals surface area contributed by atoms with Gasteiger partial charge < -0.3 is 14.6 Å². The maximum absolute atomic E-state index is 6.60. The molecular formula is C23H21Cl2N3O. The molecule has 0 saturated carbocycles. The minimum Gasteiger partial charge on any atom is -0.497 e. The van der Waals surface area contributed by atoms with Crippen LogP contribution < -0.4 is 10.1 Å². The van der Waals surface area contributed by atoms with Crippen LogP contribution in [0.4, 0.5) is 11.4 Å². The van der Waals surface area contributed by atoms with E-state index in [2.05, 4.69) is 16.8 Å².